The number of pyridine rings is 1. The summed E-state index contributed by atoms with van der Waals surface area (Å²) in [6, 6.07) is 26.2. The van der Waals surface area contributed by atoms with Crippen LogP contribution in [-0.4, -0.2) is 4.98 Å². The van der Waals surface area contributed by atoms with Crippen LogP contribution in [0.25, 0.3) is 42.6 Å². The summed E-state index contributed by atoms with van der Waals surface area (Å²) in [6.07, 6.45) is 1.93. The lowest BCUT2D eigenvalue weighted by molar-refractivity contribution is 0.667. The van der Waals surface area contributed by atoms with Gasteiger partial charge in [-0.2, -0.15) is 0 Å². The Morgan fingerprint density at radius 3 is 2.46 bits per heavy atom. The number of rotatable bonds is 1. The number of aromatic nitrogens is 1. The van der Waals surface area contributed by atoms with Crippen molar-refractivity contribution in [3.63, 3.8) is 0 Å². The molecule has 6 rings (SSSR count). The van der Waals surface area contributed by atoms with E-state index in [-0.39, 0.29) is 5.41 Å². The van der Waals surface area contributed by atoms with E-state index in [1.807, 2.05) is 17.5 Å². The van der Waals surface area contributed by atoms with Crippen molar-refractivity contribution in [2.45, 2.75) is 19.3 Å². The minimum atomic E-state index is -0.00906. The van der Waals surface area contributed by atoms with E-state index in [9.17, 15) is 0 Å². The molecule has 3 aromatic carbocycles. The van der Waals surface area contributed by atoms with Crippen LogP contribution in [0.3, 0.4) is 0 Å². The first kappa shape index (κ1) is 16.0. The second-order valence-electron chi connectivity index (χ2n) is 8.04. The lowest BCUT2D eigenvalue weighted by atomic mass is 9.81. The molecule has 2 aromatic heterocycles. The largest absolute Gasteiger partial charge is 0.256 e. The van der Waals surface area contributed by atoms with Crippen molar-refractivity contribution in [1.29, 1.82) is 0 Å². The Labute approximate surface area is 168 Å². The molecule has 0 radical (unpaired) electrons. The maximum absolute atomic E-state index is 4.83. The molecule has 0 saturated heterocycles. The zero-order chi connectivity index (χ0) is 18.9. The summed E-state index contributed by atoms with van der Waals surface area (Å²) >= 11 is 1.92. The molecule has 134 valence electrons. The molecule has 0 N–H and O–H groups in total. The number of hydrogen-bond acceptors (Lipinski definition) is 2. The monoisotopic (exact) mass is 377 g/mol. The minimum absolute atomic E-state index is 0.00906. The van der Waals surface area contributed by atoms with Crippen molar-refractivity contribution < 1.29 is 0 Å². The maximum atomic E-state index is 4.83. The van der Waals surface area contributed by atoms with Gasteiger partial charge < -0.3 is 0 Å². The van der Waals surface area contributed by atoms with E-state index in [1.165, 1.54) is 48.0 Å². The van der Waals surface area contributed by atoms with E-state index in [4.69, 9.17) is 4.98 Å². The molecule has 0 saturated carbocycles. The second-order valence-corrected chi connectivity index (χ2v) is 9.09. The standard InChI is InChI=1S/C26H19NS/c1-26(2)20-12-7-11-19(24-17-9-4-3-8-16(17)14-15-27-24)22(20)25-23(26)18-10-5-6-13-21(18)28-25/h3-15H,1-2H3. The van der Waals surface area contributed by atoms with Gasteiger partial charge in [0, 0.05) is 37.7 Å². The molecule has 0 amide bonds. The molecule has 28 heavy (non-hydrogen) atoms. The van der Waals surface area contributed by atoms with Gasteiger partial charge in [0.2, 0.25) is 0 Å². The molecular formula is C26H19NS. The Hall–Kier alpha value is -2.97. The smallest absolute Gasteiger partial charge is 0.0786 e. The molecule has 0 unspecified atom stereocenters. The van der Waals surface area contributed by atoms with Crippen LogP contribution in [0.2, 0.25) is 0 Å². The van der Waals surface area contributed by atoms with Gasteiger partial charge in [0.15, 0.2) is 0 Å². The molecule has 1 aliphatic rings. The predicted molar refractivity (Wildman–Crippen MR) is 120 cm³/mol. The number of nitrogens with zero attached hydrogens (tertiary/aromatic N) is 1. The van der Waals surface area contributed by atoms with E-state index in [1.54, 1.807) is 0 Å². The highest BCUT2D eigenvalue weighted by molar-refractivity contribution is 7.22. The van der Waals surface area contributed by atoms with Gasteiger partial charge in [0.1, 0.15) is 0 Å². The van der Waals surface area contributed by atoms with Crippen LogP contribution in [-0.2, 0) is 5.41 Å². The third kappa shape index (κ3) is 1.99. The molecule has 0 bridgehead atoms. The van der Waals surface area contributed by atoms with Crippen molar-refractivity contribution >= 4 is 32.2 Å². The average molecular weight is 378 g/mol. The van der Waals surface area contributed by atoms with Gasteiger partial charge >= 0.3 is 0 Å². The highest BCUT2D eigenvalue weighted by Gasteiger charge is 2.40. The van der Waals surface area contributed by atoms with Gasteiger partial charge in [-0.25, -0.2) is 0 Å². The van der Waals surface area contributed by atoms with Gasteiger partial charge in [-0.3, -0.25) is 4.98 Å². The Balaban J connectivity index is 1.75. The number of fused-ring (bicyclic) bond motifs is 6. The molecule has 2 heteroatoms. The summed E-state index contributed by atoms with van der Waals surface area (Å²) in [4.78, 5) is 6.24. The second kappa shape index (κ2) is 5.52. The average Bonchev–Trinajstić information content (AvgIpc) is 3.22. The van der Waals surface area contributed by atoms with Crippen LogP contribution < -0.4 is 0 Å². The highest BCUT2D eigenvalue weighted by atomic mass is 32.1. The fourth-order valence-electron chi connectivity index (χ4n) is 4.83. The van der Waals surface area contributed by atoms with Crippen molar-refractivity contribution in [1.82, 2.24) is 4.98 Å². The molecule has 1 nitrogen and oxygen atoms in total. The molecule has 0 aliphatic heterocycles. The first-order valence-electron chi connectivity index (χ1n) is 9.66. The van der Waals surface area contributed by atoms with Crippen LogP contribution >= 0.6 is 11.3 Å². The SMILES string of the molecule is CC1(C)c2cccc(-c3nccc4ccccc34)c2-c2sc3ccccc3c21. The van der Waals surface area contributed by atoms with Crippen LogP contribution in [0.4, 0.5) is 0 Å². The van der Waals surface area contributed by atoms with Gasteiger partial charge in [-0.05, 0) is 34.0 Å². The topological polar surface area (TPSA) is 12.9 Å². The van der Waals surface area contributed by atoms with Crippen LogP contribution in [0.5, 0.6) is 0 Å². The lowest BCUT2D eigenvalue weighted by Gasteiger charge is -2.22. The van der Waals surface area contributed by atoms with Crippen molar-refractivity contribution in [2.75, 3.05) is 0 Å². The van der Waals surface area contributed by atoms with E-state index in [0.29, 0.717) is 0 Å². The van der Waals surface area contributed by atoms with Gasteiger partial charge in [-0.1, -0.05) is 74.5 Å². The zero-order valence-electron chi connectivity index (χ0n) is 15.9. The highest BCUT2D eigenvalue weighted by Crippen LogP contribution is 2.57. The number of benzene rings is 3. The Kier molecular flexibility index (Phi) is 3.16. The van der Waals surface area contributed by atoms with Gasteiger partial charge in [0.05, 0.1) is 5.69 Å². The summed E-state index contributed by atoms with van der Waals surface area (Å²) in [5.41, 5.74) is 6.56. The summed E-state index contributed by atoms with van der Waals surface area (Å²) in [5.74, 6) is 0. The number of thiophene rings is 1. The van der Waals surface area contributed by atoms with Gasteiger partial charge in [-0.15, -0.1) is 11.3 Å². The molecule has 1 aliphatic carbocycles. The maximum Gasteiger partial charge on any atom is 0.0786 e. The van der Waals surface area contributed by atoms with Crippen molar-refractivity contribution in [3.05, 3.63) is 90.1 Å². The number of hydrogen-bond donors (Lipinski definition) is 0. The summed E-state index contributed by atoms with van der Waals surface area (Å²) in [5, 5.41) is 3.84. The molecule has 0 spiro atoms. The minimum Gasteiger partial charge on any atom is -0.256 e. The fraction of sp³-hybridized carbons (Fsp3) is 0.115. The van der Waals surface area contributed by atoms with Crippen LogP contribution in [0, 0.1) is 0 Å². The summed E-state index contributed by atoms with van der Waals surface area (Å²) in [7, 11) is 0. The summed E-state index contributed by atoms with van der Waals surface area (Å²) < 4.78 is 1.37. The zero-order valence-corrected chi connectivity index (χ0v) is 16.7. The van der Waals surface area contributed by atoms with Crippen molar-refractivity contribution in [2.24, 2.45) is 0 Å². The summed E-state index contributed by atoms with van der Waals surface area (Å²) in [6.45, 7) is 4.72. The molecule has 2 heterocycles. The fourth-order valence-corrected chi connectivity index (χ4v) is 6.26. The van der Waals surface area contributed by atoms with E-state index < -0.39 is 0 Å². The third-order valence-electron chi connectivity index (χ3n) is 6.11. The first-order chi connectivity index (χ1) is 13.7. The Morgan fingerprint density at radius 2 is 1.57 bits per heavy atom. The predicted octanol–water partition coefficient (Wildman–Crippen LogP) is 7.42. The van der Waals surface area contributed by atoms with Crippen LogP contribution in [0.15, 0.2) is 79.0 Å². The van der Waals surface area contributed by atoms with E-state index in [2.05, 4.69) is 86.6 Å². The molecule has 0 fully saturated rings. The third-order valence-corrected chi connectivity index (χ3v) is 7.30. The molecule has 0 atom stereocenters. The Morgan fingerprint density at radius 1 is 0.786 bits per heavy atom. The van der Waals surface area contributed by atoms with E-state index in [0.717, 1.165) is 5.69 Å². The normalized spacial score (nSPS) is 14.4. The van der Waals surface area contributed by atoms with Crippen LogP contribution in [0.1, 0.15) is 25.0 Å². The van der Waals surface area contributed by atoms with E-state index >= 15 is 0 Å². The lowest BCUT2D eigenvalue weighted by Crippen LogP contribution is -2.14. The first-order valence-corrected chi connectivity index (χ1v) is 10.5. The Bertz CT molecular complexity index is 1390. The molecular weight excluding hydrogens is 358 g/mol. The van der Waals surface area contributed by atoms with Crippen molar-refractivity contribution in [3.8, 4) is 21.7 Å². The quantitative estimate of drug-likeness (QED) is 0.296. The van der Waals surface area contributed by atoms with Gasteiger partial charge in [0.25, 0.3) is 0 Å². The molecule has 5 aromatic rings.